The summed E-state index contributed by atoms with van der Waals surface area (Å²) >= 11 is 0. The van der Waals surface area contributed by atoms with Gasteiger partial charge in [-0.3, -0.25) is 0 Å². The van der Waals surface area contributed by atoms with Crippen molar-refractivity contribution in [3.8, 4) is 11.5 Å². The molecule has 2 aromatic carbocycles. The fourth-order valence-corrected chi connectivity index (χ4v) is 2.55. The van der Waals surface area contributed by atoms with Crippen LogP contribution in [0.15, 0.2) is 42.5 Å². The van der Waals surface area contributed by atoms with Gasteiger partial charge in [-0.2, -0.15) is 0 Å². The average Bonchev–Trinajstić information content (AvgIpc) is 2.90. The largest absolute Gasteiger partial charge is 0.491 e. The second-order valence-corrected chi connectivity index (χ2v) is 5.40. The Balaban J connectivity index is 1.66. The number of rotatable bonds is 5. The Morgan fingerprint density at radius 1 is 1.19 bits per heavy atom. The van der Waals surface area contributed by atoms with E-state index in [0.717, 1.165) is 18.0 Å². The van der Waals surface area contributed by atoms with Gasteiger partial charge in [0.05, 0.1) is 6.04 Å². The first-order valence-electron chi connectivity index (χ1n) is 7.44. The second kappa shape index (κ2) is 6.19. The van der Waals surface area contributed by atoms with Crippen LogP contribution in [0, 0.1) is 6.92 Å². The van der Waals surface area contributed by atoms with Crippen LogP contribution in [0.1, 0.15) is 29.7 Å². The van der Waals surface area contributed by atoms with Crippen molar-refractivity contribution in [3.63, 3.8) is 0 Å². The first-order chi connectivity index (χ1) is 10.3. The van der Waals surface area contributed by atoms with E-state index in [-0.39, 0.29) is 0 Å². The maximum Gasteiger partial charge on any atom is 0.128 e. The third-order valence-corrected chi connectivity index (χ3v) is 3.74. The predicted octanol–water partition coefficient (Wildman–Crippen LogP) is 3.62. The van der Waals surface area contributed by atoms with Gasteiger partial charge in [0.15, 0.2) is 0 Å². The van der Waals surface area contributed by atoms with Crippen molar-refractivity contribution in [1.82, 2.24) is 5.32 Å². The lowest BCUT2D eigenvalue weighted by Gasteiger charge is -2.10. The monoisotopic (exact) mass is 283 g/mol. The van der Waals surface area contributed by atoms with Gasteiger partial charge >= 0.3 is 0 Å². The van der Waals surface area contributed by atoms with E-state index in [0.29, 0.717) is 19.3 Å². The highest BCUT2D eigenvalue weighted by molar-refractivity contribution is 5.45. The van der Waals surface area contributed by atoms with E-state index in [1.165, 1.54) is 16.7 Å². The average molecular weight is 283 g/mol. The van der Waals surface area contributed by atoms with E-state index in [2.05, 4.69) is 49.5 Å². The fraction of sp³-hybridized carbons (Fsp3) is 0.333. The molecule has 1 unspecified atom stereocenters. The lowest BCUT2D eigenvalue weighted by Crippen LogP contribution is -2.21. The smallest absolute Gasteiger partial charge is 0.128 e. The van der Waals surface area contributed by atoms with Crippen LogP contribution in [-0.2, 0) is 6.61 Å². The summed E-state index contributed by atoms with van der Waals surface area (Å²) in [7, 11) is 0. The van der Waals surface area contributed by atoms with Gasteiger partial charge in [-0.15, -0.1) is 0 Å². The molecule has 0 aliphatic carbocycles. The molecule has 0 bridgehead atoms. The molecule has 3 rings (SSSR count). The lowest BCUT2D eigenvalue weighted by molar-refractivity contribution is 0.297. The van der Waals surface area contributed by atoms with Gasteiger partial charge in [-0.25, -0.2) is 0 Å². The summed E-state index contributed by atoms with van der Waals surface area (Å²) in [6, 6.07) is 14.8. The van der Waals surface area contributed by atoms with Crippen LogP contribution in [0.4, 0.5) is 0 Å². The van der Waals surface area contributed by atoms with E-state index in [1.54, 1.807) is 0 Å². The van der Waals surface area contributed by atoms with Crippen LogP contribution in [-0.4, -0.2) is 13.2 Å². The summed E-state index contributed by atoms with van der Waals surface area (Å²) in [4.78, 5) is 0. The quantitative estimate of drug-likeness (QED) is 0.909. The highest BCUT2D eigenvalue weighted by Crippen LogP contribution is 2.35. The summed E-state index contributed by atoms with van der Waals surface area (Å²) in [6.07, 6.45) is 0. The van der Waals surface area contributed by atoms with Crippen molar-refractivity contribution in [3.05, 3.63) is 59.2 Å². The number of benzene rings is 2. The minimum atomic E-state index is 0.302. The Bertz CT molecular complexity index is 607. The van der Waals surface area contributed by atoms with Crippen molar-refractivity contribution >= 4 is 0 Å². The zero-order chi connectivity index (χ0) is 14.7. The van der Waals surface area contributed by atoms with E-state index in [9.17, 15) is 0 Å². The summed E-state index contributed by atoms with van der Waals surface area (Å²) in [5, 5.41) is 3.42. The molecule has 1 atom stereocenters. The topological polar surface area (TPSA) is 30.5 Å². The van der Waals surface area contributed by atoms with E-state index >= 15 is 0 Å². The number of aryl methyl sites for hydroxylation is 1. The van der Waals surface area contributed by atoms with Crippen LogP contribution in [0.2, 0.25) is 0 Å². The molecule has 0 saturated heterocycles. The van der Waals surface area contributed by atoms with Crippen molar-refractivity contribution in [2.45, 2.75) is 26.5 Å². The standard InChI is InChI=1S/C18H21NO2/c1-3-19-17-12-21-18-10-15(8-9-16(17)18)20-11-14-6-4-13(2)5-7-14/h4-10,17,19H,3,11-12H2,1-2H3. The molecule has 0 fully saturated rings. The molecule has 0 aromatic heterocycles. The molecule has 110 valence electrons. The maximum absolute atomic E-state index is 5.85. The van der Waals surface area contributed by atoms with Crippen LogP contribution in [0.3, 0.4) is 0 Å². The number of ether oxygens (including phenoxy) is 2. The minimum absolute atomic E-state index is 0.302. The molecule has 3 nitrogen and oxygen atoms in total. The molecule has 3 heteroatoms. The summed E-state index contributed by atoms with van der Waals surface area (Å²) < 4.78 is 11.6. The number of fused-ring (bicyclic) bond motifs is 1. The molecule has 0 saturated carbocycles. The Labute approximate surface area is 125 Å². The van der Waals surface area contributed by atoms with Gasteiger partial charge < -0.3 is 14.8 Å². The first-order valence-corrected chi connectivity index (χ1v) is 7.44. The Kier molecular flexibility index (Phi) is 4.11. The zero-order valence-electron chi connectivity index (χ0n) is 12.6. The number of hydrogen-bond acceptors (Lipinski definition) is 3. The lowest BCUT2D eigenvalue weighted by atomic mass is 10.1. The molecule has 0 amide bonds. The molecular weight excluding hydrogens is 262 g/mol. The first kappa shape index (κ1) is 14.0. The maximum atomic E-state index is 5.85. The van der Waals surface area contributed by atoms with Gasteiger partial charge in [-0.1, -0.05) is 36.8 Å². The number of nitrogens with one attached hydrogen (secondary N) is 1. The number of hydrogen-bond donors (Lipinski definition) is 1. The molecule has 0 spiro atoms. The predicted molar refractivity (Wildman–Crippen MR) is 83.9 cm³/mol. The van der Waals surface area contributed by atoms with Crippen LogP contribution in [0.5, 0.6) is 11.5 Å². The SMILES string of the molecule is CCNC1COc2cc(OCc3ccc(C)cc3)ccc21. The molecule has 2 aromatic rings. The van der Waals surface area contributed by atoms with Gasteiger partial charge in [-0.05, 0) is 31.2 Å². The van der Waals surface area contributed by atoms with E-state index in [4.69, 9.17) is 9.47 Å². The van der Waals surface area contributed by atoms with E-state index in [1.807, 2.05) is 12.1 Å². The Hall–Kier alpha value is -2.00. The Morgan fingerprint density at radius 2 is 2.00 bits per heavy atom. The van der Waals surface area contributed by atoms with E-state index < -0.39 is 0 Å². The third-order valence-electron chi connectivity index (χ3n) is 3.74. The second-order valence-electron chi connectivity index (χ2n) is 5.40. The molecule has 0 radical (unpaired) electrons. The molecule has 1 heterocycles. The van der Waals surface area contributed by atoms with Gasteiger partial charge in [0, 0.05) is 11.6 Å². The zero-order valence-corrected chi connectivity index (χ0v) is 12.6. The minimum Gasteiger partial charge on any atom is -0.491 e. The molecule has 1 aliphatic heterocycles. The van der Waals surface area contributed by atoms with Crippen molar-refractivity contribution < 1.29 is 9.47 Å². The Morgan fingerprint density at radius 3 is 2.76 bits per heavy atom. The van der Waals surface area contributed by atoms with Gasteiger partial charge in [0.25, 0.3) is 0 Å². The van der Waals surface area contributed by atoms with Crippen molar-refractivity contribution in [2.24, 2.45) is 0 Å². The molecule has 21 heavy (non-hydrogen) atoms. The van der Waals surface area contributed by atoms with Crippen LogP contribution >= 0.6 is 0 Å². The van der Waals surface area contributed by atoms with Crippen LogP contribution < -0.4 is 14.8 Å². The highest BCUT2D eigenvalue weighted by atomic mass is 16.5. The summed E-state index contributed by atoms with van der Waals surface area (Å²) in [5.74, 6) is 1.79. The van der Waals surface area contributed by atoms with Gasteiger partial charge in [0.1, 0.15) is 24.7 Å². The molecular formula is C18H21NO2. The number of likely N-dealkylation sites (N-methyl/N-ethyl adjacent to an activating group) is 1. The normalized spacial score (nSPS) is 16.4. The summed E-state index contributed by atoms with van der Waals surface area (Å²) in [6.45, 7) is 6.42. The van der Waals surface area contributed by atoms with Crippen LogP contribution in [0.25, 0.3) is 0 Å². The van der Waals surface area contributed by atoms with Gasteiger partial charge in [0.2, 0.25) is 0 Å². The van der Waals surface area contributed by atoms with Crippen molar-refractivity contribution in [1.29, 1.82) is 0 Å². The summed E-state index contributed by atoms with van der Waals surface area (Å²) in [5.41, 5.74) is 3.66. The third kappa shape index (κ3) is 3.19. The fourth-order valence-electron chi connectivity index (χ4n) is 2.55. The van der Waals surface area contributed by atoms with Crippen molar-refractivity contribution in [2.75, 3.05) is 13.2 Å². The molecule has 1 aliphatic rings. The highest BCUT2D eigenvalue weighted by Gasteiger charge is 2.23. The molecule has 1 N–H and O–H groups in total.